The molecule has 0 aliphatic rings. The molecule has 0 saturated carbocycles. The quantitative estimate of drug-likeness (QED) is 0.421. The van der Waals surface area contributed by atoms with Gasteiger partial charge >= 0.3 is 0 Å². The van der Waals surface area contributed by atoms with Crippen LogP contribution in [0.25, 0.3) is 5.65 Å². The van der Waals surface area contributed by atoms with Gasteiger partial charge in [0.05, 0.1) is 6.04 Å². The van der Waals surface area contributed by atoms with Gasteiger partial charge in [-0.05, 0) is 60.4 Å². The second kappa shape index (κ2) is 10.1. The number of nitrogens with one attached hydrogen (secondary N) is 1. The zero-order valence-corrected chi connectivity index (χ0v) is 18.1. The molecule has 1 amide bonds. The van der Waals surface area contributed by atoms with Crippen molar-refractivity contribution in [2.75, 3.05) is 12.0 Å². The minimum absolute atomic E-state index is 0.130. The average Bonchev–Trinajstić information content (AvgIpc) is 3.25. The molecule has 158 valence electrons. The lowest BCUT2D eigenvalue weighted by molar-refractivity contribution is 0.0933. The van der Waals surface area contributed by atoms with Crippen LogP contribution in [-0.4, -0.2) is 32.5 Å². The average molecular weight is 433 g/mol. The molecule has 1 N–H and O–H groups in total. The molecule has 0 radical (unpaired) electrons. The number of ether oxygens (including phenoxy) is 1. The van der Waals surface area contributed by atoms with E-state index in [1.54, 1.807) is 11.8 Å². The molecule has 31 heavy (non-hydrogen) atoms. The van der Waals surface area contributed by atoms with Gasteiger partial charge in [-0.1, -0.05) is 36.4 Å². The van der Waals surface area contributed by atoms with E-state index in [9.17, 15) is 4.79 Å². The maximum absolute atomic E-state index is 12.9. The van der Waals surface area contributed by atoms with Crippen LogP contribution in [0, 0.1) is 0 Å². The van der Waals surface area contributed by atoms with Crippen LogP contribution in [0.2, 0.25) is 0 Å². The summed E-state index contributed by atoms with van der Waals surface area (Å²) in [5.41, 5.74) is 2.37. The first-order valence-electron chi connectivity index (χ1n) is 10.1. The molecule has 2 aromatic heterocycles. The molecule has 1 unspecified atom stereocenters. The highest BCUT2D eigenvalue weighted by atomic mass is 32.2. The summed E-state index contributed by atoms with van der Waals surface area (Å²) in [6.07, 6.45) is 4.74. The van der Waals surface area contributed by atoms with Crippen molar-refractivity contribution in [2.45, 2.75) is 19.1 Å². The normalized spacial score (nSPS) is 11.9. The Hall–Kier alpha value is -3.32. The van der Waals surface area contributed by atoms with Gasteiger partial charge in [0.1, 0.15) is 12.4 Å². The summed E-state index contributed by atoms with van der Waals surface area (Å²) in [6, 6.07) is 22.7. The summed E-state index contributed by atoms with van der Waals surface area (Å²) in [4.78, 5) is 12.9. The van der Waals surface area contributed by atoms with E-state index in [1.807, 2.05) is 83.4 Å². The van der Waals surface area contributed by atoms with Gasteiger partial charge in [-0.3, -0.25) is 9.20 Å². The molecule has 0 bridgehead atoms. The number of fused-ring (bicyclic) bond motifs is 1. The Labute approximate surface area is 185 Å². The molecule has 0 spiro atoms. The number of rotatable bonds is 9. The number of thioether (sulfide) groups is 1. The van der Waals surface area contributed by atoms with Gasteiger partial charge in [0.2, 0.25) is 0 Å². The van der Waals surface area contributed by atoms with E-state index >= 15 is 0 Å². The maximum Gasteiger partial charge on any atom is 0.251 e. The molecule has 0 saturated heterocycles. The van der Waals surface area contributed by atoms with E-state index in [4.69, 9.17) is 4.74 Å². The van der Waals surface area contributed by atoms with Crippen molar-refractivity contribution < 1.29 is 9.53 Å². The van der Waals surface area contributed by atoms with E-state index in [2.05, 4.69) is 21.8 Å². The second-order valence-corrected chi connectivity index (χ2v) is 8.08. The highest BCUT2D eigenvalue weighted by Crippen LogP contribution is 2.19. The van der Waals surface area contributed by atoms with E-state index < -0.39 is 0 Å². The topological polar surface area (TPSA) is 68.5 Å². The van der Waals surface area contributed by atoms with Crippen LogP contribution in [0.4, 0.5) is 0 Å². The smallest absolute Gasteiger partial charge is 0.251 e. The molecular formula is C24H24N4O2S. The van der Waals surface area contributed by atoms with Crippen molar-refractivity contribution in [1.29, 1.82) is 0 Å². The van der Waals surface area contributed by atoms with Gasteiger partial charge in [-0.25, -0.2) is 0 Å². The van der Waals surface area contributed by atoms with Crippen LogP contribution in [-0.2, 0) is 6.61 Å². The number of amides is 1. The van der Waals surface area contributed by atoms with E-state index in [0.717, 1.165) is 35.0 Å². The zero-order chi connectivity index (χ0) is 21.5. The highest BCUT2D eigenvalue weighted by Gasteiger charge is 2.20. The number of nitrogens with zero attached hydrogens (tertiary/aromatic N) is 3. The van der Waals surface area contributed by atoms with Gasteiger partial charge in [0, 0.05) is 11.8 Å². The van der Waals surface area contributed by atoms with E-state index in [1.165, 1.54) is 0 Å². The third-order valence-electron chi connectivity index (χ3n) is 4.93. The van der Waals surface area contributed by atoms with Gasteiger partial charge in [0.25, 0.3) is 5.91 Å². The number of benzene rings is 2. The lowest BCUT2D eigenvalue weighted by Gasteiger charge is -2.17. The molecule has 6 nitrogen and oxygen atoms in total. The Balaban J connectivity index is 1.44. The van der Waals surface area contributed by atoms with Gasteiger partial charge < -0.3 is 10.1 Å². The Kier molecular flexibility index (Phi) is 6.84. The predicted octanol–water partition coefficient (Wildman–Crippen LogP) is 4.53. The summed E-state index contributed by atoms with van der Waals surface area (Å²) in [6.45, 7) is 0.452. The van der Waals surface area contributed by atoms with Crippen molar-refractivity contribution in [3.8, 4) is 5.75 Å². The van der Waals surface area contributed by atoms with Gasteiger partial charge in [-0.15, -0.1) is 10.2 Å². The fraction of sp³-hybridized carbons (Fsp3) is 0.208. The molecule has 7 heteroatoms. The molecule has 0 aliphatic heterocycles. The van der Waals surface area contributed by atoms with Crippen molar-refractivity contribution in [3.63, 3.8) is 0 Å². The molecule has 4 rings (SSSR count). The number of hydrogen-bond acceptors (Lipinski definition) is 5. The van der Waals surface area contributed by atoms with Crippen molar-refractivity contribution in [3.05, 3.63) is 95.9 Å². The summed E-state index contributed by atoms with van der Waals surface area (Å²) >= 11 is 1.74. The Morgan fingerprint density at radius 1 is 1.03 bits per heavy atom. The third kappa shape index (κ3) is 5.24. The number of aromatic nitrogens is 3. The molecule has 0 aliphatic carbocycles. The van der Waals surface area contributed by atoms with Crippen molar-refractivity contribution >= 4 is 23.3 Å². The standard InChI is InChI=1S/C24H24N4O2S/c1-31-16-14-21(23-27-26-22-9-5-6-15-28(22)23)25-24(29)19-12-10-18(11-13-19)17-30-20-7-3-2-4-8-20/h2-13,15,21H,14,16-17H2,1H3,(H,25,29). The Morgan fingerprint density at radius 2 is 1.81 bits per heavy atom. The number of hydrogen-bond donors (Lipinski definition) is 1. The maximum atomic E-state index is 12.9. The van der Waals surface area contributed by atoms with Crippen LogP contribution in [0.15, 0.2) is 79.0 Å². The Morgan fingerprint density at radius 3 is 2.58 bits per heavy atom. The number of para-hydroxylation sites is 1. The SMILES string of the molecule is CSCCC(NC(=O)c1ccc(COc2ccccc2)cc1)c1nnc2ccccn12. The second-order valence-electron chi connectivity index (χ2n) is 7.09. The first-order chi connectivity index (χ1) is 15.2. The Bertz CT molecular complexity index is 1130. The van der Waals surface area contributed by atoms with Crippen molar-refractivity contribution in [2.24, 2.45) is 0 Å². The largest absolute Gasteiger partial charge is 0.489 e. The van der Waals surface area contributed by atoms with Crippen LogP contribution >= 0.6 is 11.8 Å². The fourth-order valence-electron chi connectivity index (χ4n) is 3.28. The summed E-state index contributed by atoms with van der Waals surface area (Å²) < 4.78 is 7.70. The van der Waals surface area contributed by atoms with Crippen molar-refractivity contribution in [1.82, 2.24) is 19.9 Å². The van der Waals surface area contributed by atoms with Gasteiger partial charge in [-0.2, -0.15) is 11.8 Å². The molecule has 2 aromatic carbocycles. The fourth-order valence-corrected chi connectivity index (χ4v) is 3.75. The number of pyridine rings is 1. The predicted molar refractivity (Wildman–Crippen MR) is 123 cm³/mol. The van der Waals surface area contributed by atoms with Crippen LogP contribution in [0.1, 0.15) is 34.2 Å². The zero-order valence-electron chi connectivity index (χ0n) is 17.3. The van der Waals surface area contributed by atoms with Crippen LogP contribution in [0.5, 0.6) is 5.75 Å². The molecule has 2 heterocycles. The number of carbonyl (C=O) groups is 1. The van der Waals surface area contributed by atoms with E-state index in [0.29, 0.717) is 12.2 Å². The number of carbonyl (C=O) groups excluding carboxylic acids is 1. The van der Waals surface area contributed by atoms with Crippen LogP contribution in [0.3, 0.4) is 0 Å². The lowest BCUT2D eigenvalue weighted by atomic mass is 10.1. The molecule has 0 fully saturated rings. The van der Waals surface area contributed by atoms with Crippen LogP contribution < -0.4 is 10.1 Å². The monoisotopic (exact) mass is 432 g/mol. The minimum Gasteiger partial charge on any atom is -0.489 e. The highest BCUT2D eigenvalue weighted by molar-refractivity contribution is 7.98. The molecule has 4 aromatic rings. The third-order valence-corrected chi connectivity index (χ3v) is 5.58. The minimum atomic E-state index is -0.224. The van der Waals surface area contributed by atoms with E-state index in [-0.39, 0.29) is 11.9 Å². The first kappa shape index (κ1) is 20.9. The molecule has 1 atom stereocenters. The first-order valence-corrected chi connectivity index (χ1v) is 11.5. The summed E-state index contributed by atoms with van der Waals surface area (Å²) in [5, 5.41) is 11.7. The lowest BCUT2D eigenvalue weighted by Crippen LogP contribution is -2.30. The summed E-state index contributed by atoms with van der Waals surface area (Å²) in [7, 11) is 0. The van der Waals surface area contributed by atoms with Gasteiger partial charge in [0.15, 0.2) is 11.5 Å². The molecular weight excluding hydrogens is 408 g/mol. The summed E-state index contributed by atoms with van der Waals surface area (Å²) in [5.74, 6) is 2.34.